The summed E-state index contributed by atoms with van der Waals surface area (Å²) in [6, 6.07) is 12.6. The Kier molecular flexibility index (Phi) is 8.02. The minimum absolute atomic E-state index is 0.0411. The van der Waals surface area contributed by atoms with Crippen molar-refractivity contribution in [2.45, 2.75) is 91.0 Å². The maximum atomic E-state index is 10.3. The Morgan fingerprint density at radius 2 is 1.66 bits per heavy atom. The van der Waals surface area contributed by atoms with Crippen LogP contribution in [0.1, 0.15) is 80.7 Å². The van der Waals surface area contributed by atoms with Crippen LogP contribution >= 0.6 is 0 Å². The van der Waals surface area contributed by atoms with Gasteiger partial charge in [-0.05, 0) is 77.3 Å². The second-order valence-corrected chi connectivity index (χ2v) is 10.6. The molecule has 4 nitrogen and oxygen atoms in total. The largest absolute Gasteiger partial charge is 0.491 e. The van der Waals surface area contributed by atoms with Gasteiger partial charge in [0.1, 0.15) is 12.4 Å². The summed E-state index contributed by atoms with van der Waals surface area (Å²) in [4.78, 5) is 0. The summed E-state index contributed by atoms with van der Waals surface area (Å²) >= 11 is 0. The average Bonchev–Trinajstić information content (AvgIpc) is 3.26. The fraction of sp³-hybridized carbons (Fsp3) is 0.571. The first-order chi connectivity index (χ1) is 15.2. The second-order valence-electron chi connectivity index (χ2n) is 10.6. The Morgan fingerprint density at radius 3 is 2.25 bits per heavy atom. The van der Waals surface area contributed by atoms with Gasteiger partial charge in [0.25, 0.3) is 0 Å². The molecule has 0 aliphatic heterocycles. The third-order valence-corrected chi connectivity index (χ3v) is 7.25. The van der Waals surface area contributed by atoms with Crippen molar-refractivity contribution >= 4 is 0 Å². The minimum Gasteiger partial charge on any atom is -0.491 e. The summed E-state index contributed by atoms with van der Waals surface area (Å²) in [6.07, 6.45) is 6.39. The van der Waals surface area contributed by atoms with Gasteiger partial charge >= 0.3 is 0 Å². The molecule has 1 fully saturated rings. The quantitative estimate of drug-likeness (QED) is 0.501. The number of benzene rings is 2. The zero-order valence-corrected chi connectivity index (χ0v) is 20.2. The first-order valence-corrected chi connectivity index (χ1v) is 11.9. The lowest BCUT2D eigenvalue weighted by Gasteiger charge is -2.31. The predicted molar refractivity (Wildman–Crippen MR) is 129 cm³/mol. The third-order valence-electron chi connectivity index (χ3n) is 7.25. The van der Waals surface area contributed by atoms with Crippen LogP contribution in [0.25, 0.3) is 0 Å². The molecule has 1 saturated carbocycles. The lowest BCUT2D eigenvalue weighted by atomic mass is 9.74. The van der Waals surface area contributed by atoms with Crippen molar-refractivity contribution in [3.05, 3.63) is 64.2 Å². The summed E-state index contributed by atoms with van der Waals surface area (Å²) in [5.41, 5.74) is 5.30. The lowest BCUT2D eigenvalue weighted by Crippen LogP contribution is -2.32. The van der Waals surface area contributed by atoms with Crippen LogP contribution in [-0.4, -0.2) is 28.0 Å². The molecule has 1 aliphatic carbocycles. The molecule has 2 aromatic rings. The van der Waals surface area contributed by atoms with Crippen LogP contribution in [0.2, 0.25) is 0 Å². The third kappa shape index (κ3) is 5.72. The van der Waals surface area contributed by atoms with Gasteiger partial charge in [-0.15, -0.1) is 0 Å². The van der Waals surface area contributed by atoms with E-state index in [9.17, 15) is 15.3 Å². The molecule has 0 amide bonds. The highest BCUT2D eigenvalue weighted by Gasteiger charge is 2.35. The average molecular weight is 441 g/mol. The molecule has 176 valence electrons. The van der Waals surface area contributed by atoms with E-state index in [0.717, 1.165) is 35.3 Å². The van der Waals surface area contributed by atoms with Gasteiger partial charge in [-0.2, -0.15) is 0 Å². The number of hydrogen-bond donors (Lipinski definition) is 3. The Hall–Kier alpha value is -1.88. The van der Waals surface area contributed by atoms with Crippen LogP contribution in [0, 0.1) is 12.3 Å². The van der Waals surface area contributed by atoms with Gasteiger partial charge < -0.3 is 20.1 Å². The molecule has 1 unspecified atom stereocenters. The standard InChI is InChI=1S/C28H40O4/c1-20-15-24(9-10-25(20)32-19-26(31)27(2,3)4)28(12-5-6-13-28)14-11-21-7-8-22(17-29)23(16-21)18-30/h7-10,15-16,26,29-31H,5-6,11-14,17-19H2,1-4H3. The summed E-state index contributed by atoms with van der Waals surface area (Å²) in [5.74, 6) is 0.845. The minimum atomic E-state index is -0.510. The zero-order valence-electron chi connectivity index (χ0n) is 20.2. The number of ether oxygens (including phenoxy) is 1. The first kappa shape index (κ1) is 24.8. The summed E-state index contributed by atoms with van der Waals surface area (Å²) in [6.45, 7) is 8.35. The number of hydrogen-bond acceptors (Lipinski definition) is 4. The molecule has 3 N–H and O–H groups in total. The van der Waals surface area contributed by atoms with Crippen molar-refractivity contribution in [3.63, 3.8) is 0 Å². The van der Waals surface area contributed by atoms with E-state index in [1.165, 1.54) is 36.8 Å². The topological polar surface area (TPSA) is 69.9 Å². The second kappa shape index (κ2) is 10.4. The smallest absolute Gasteiger partial charge is 0.122 e. The highest BCUT2D eigenvalue weighted by molar-refractivity contribution is 5.40. The van der Waals surface area contributed by atoms with E-state index in [2.05, 4.69) is 31.2 Å². The van der Waals surface area contributed by atoms with Crippen molar-refractivity contribution in [1.82, 2.24) is 0 Å². The number of aliphatic hydroxyl groups excluding tert-OH is 3. The van der Waals surface area contributed by atoms with E-state index < -0.39 is 6.10 Å². The molecule has 3 rings (SSSR count). The van der Waals surface area contributed by atoms with E-state index in [-0.39, 0.29) is 24.0 Å². The Morgan fingerprint density at radius 1 is 0.969 bits per heavy atom. The van der Waals surface area contributed by atoms with Crippen LogP contribution in [0.5, 0.6) is 5.75 Å². The van der Waals surface area contributed by atoms with Gasteiger partial charge in [-0.1, -0.05) is 63.9 Å². The fourth-order valence-corrected chi connectivity index (χ4v) is 4.81. The highest BCUT2D eigenvalue weighted by Crippen LogP contribution is 2.45. The molecule has 0 bridgehead atoms. The number of aryl methyl sites for hydroxylation is 2. The van der Waals surface area contributed by atoms with Crippen molar-refractivity contribution in [2.75, 3.05) is 6.61 Å². The number of aliphatic hydroxyl groups is 3. The fourth-order valence-electron chi connectivity index (χ4n) is 4.81. The monoisotopic (exact) mass is 440 g/mol. The predicted octanol–water partition coefficient (Wildman–Crippen LogP) is 5.21. The van der Waals surface area contributed by atoms with Gasteiger partial charge in [-0.3, -0.25) is 0 Å². The molecule has 1 aliphatic rings. The zero-order chi connectivity index (χ0) is 23.4. The van der Waals surface area contributed by atoms with E-state index in [1.54, 1.807) is 0 Å². The molecular formula is C28H40O4. The van der Waals surface area contributed by atoms with Crippen molar-refractivity contribution in [3.8, 4) is 5.75 Å². The Labute approximate surface area is 193 Å². The summed E-state index contributed by atoms with van der Waals surface area (Å²) in [7, 11) is 0. The lowest BCUT2D eigenvalue weighted by molar-refractivity contribution is 0.0216. The Bertz CT molecular complexity index is 891. The maximum Gasteiger partial charge on any atom is 0.122 e. The van der Waals surface area contributed by atoms with E-state index in [1.807, 2.05) is 32.9 Å². The van der Waals surface area contributed by atoms with Crippen LogP contribution in [0.3, 0.4) is 0 Å². The van der Waals surface area contributed by atoms with Gasteiger partial charge in [0.2, 0.25) is 0 Å². The highest BCUT2D eigenvalue weighted by atomic mass is 16.5. The number of rotatable bonds is 9. The molecule has 4 heteroatoms. The van der Waals surface area contributed by atoms with Crippen LogP contribution in [0.4, 0.5) is 0 Å². The molecule has 2 aromatic carbocycles. The molecule has 32 heavy (non-hydrogen) atoms. The van der Waals surface area contributed by atoms with Gasteiger partial charge in [-0.25, -0.2) is 0 Å². The normalized spacial score (nSPS) is 16.8. The van der Waals surface area contributed by atoms with E-state index >= 15 is 0 Å². The molecule has 0 saturated heterocycles. The molecule has 0 heterocycles. The maximum absolute atomic E-state index is 10.3. The molecule has 0 spiro atoms. The van der Waals surface area contributed by atoms with Gasteiger partial charge in [0.05, 0.1) is 19.3 Å². The molecule has 1 atom stereocenters. The van der Waals surface area contributed by atoms with Crippen LogP contribution in [0.15, 0.2) is 36.4 Å². The van der Waals surface area contributed by atoms with Crippen LogP contribution in [-0.2, 0) is 25.0 Å². The molecule has 0 radical (unpaired) electrons. The van der Waals surface area contributed by atoms with Gasteiger partial charge in [0, 0.05) is 0 Å². The first-order valence-electron chi connectivity index (χ1n) is 11.9. The van der Waals surface area contributed by atoms with E-state index in [4.69, 9.17) is 4.74 Å². The van der Waals surface area contributed by atoms with Crippen LogP contribution < -0.4 is 4.74 Å². The van der Waals surface area contributed by atoms with Crippen molar-refractivity contribution in [1.29, 1.82) is 0 Å². The Balaban J connectivity index is 1.74. The van der Waals surface area contributed by atoms with Crippen molar-refractivity contribution < 1.29 is 20.1 Å². The van der Waals surface area contributed by atoms with Gasteiger partial charge in [0.15, 0.2) is 0 Å². The van der Waals surface area contributed by atoms with E-state index in [0.29, 0.717) is 6.61 Å². The summed E-state index contributed by atoms with van der Waals surface area (Å²) < 4.78 is 5.96. The van der Waals surface area contributed by atoms with Crippen molar-refractivity contribution in [2.24, 2.45) is 5.41 Å². The molecule has 0 aromatic heterocycles. The molecular weight excluding hydrogens is 400 g/mol. The SMILES string of the molecule is Cc1cc(C2(CCc3ccc(CO)c(CO)c3)CCCC2)ccc1OCC(O)C(C)(C)C. The summed E-state index contributed by atoms with van der Waals surface area (Å²) in [5, 5.41) is 29.4.